The normalized spacial score (nSPS) is 24.5. The van der Waals surface area contributed by atoms with Gasteiger partial charge in [0.05, 0.1) is 5.92 Å². The van der Waals surface area contributed by atoms with Crippen LogP contribution in [0.15, 0.2) is 65.8 Å². The summed E-state index contributed by atoms with van der Waals surface area (Å²) in [5.41, 5.74) is 3.40. The Hall–Kier alpha value is -2.63. The topological polar surface area (TPSA) is 37.3 Å². The zero-order chi connectivity index (χ0) is 19.5. The van der Waals surface area contributed by atoms with Crippen LogP contribution >= 0.6 is 0 Å². The highest BCUT2D eigenvalue weighted by molar-refractivity contribution is 6.06. The maximum atomic E-state index is 5.96. The minimum atomic E-state index is 0.0860. The van der Waals surface area contributed by atoms with Crippen molar-refractivity contribution >= 4 is 11.8 Å². The molecule has 5 heteroatoms. The quantitative estimate of drug-likeness (QED) is 0.787. The van der Waals surface area contributed by atoms with Crippen LogP contribution in [-0.2, 0) is 4.84 Å². The van der Waals surface area contributed by atoms with Crippen LogP contribution in [0.3, 0.4) is 0 Å². The molecule has 2 aromatic rings. The number of benzene rings is 2. The number of para-hydroxylation sites is 1. The van der Waals surface area contributed by atoms with E-state index in [0.717, 1.165) is 56.3 Å². The number of hydrogen-bond acceptors (Lipinski definition) is 5. The summed E-state index contributed by atoms with van der Waals surface area (Å²) in [5, 5.41) is 4.42. The van der Waals surface area contributed by atoms with Crippen molar-refractivity contribution in [1.82, 2.24) is 9.80 Å². The molecule has 0 aliphatic carbocycles. The maximum Gasteiger partial charge on any atom is 0.151 e. The van der Waals surface area contributed by atoms with Crippen molar-refractivity contribution in [3.05, 3.63) is 71.8 Å². The van der Waals surface area contributed by atoms with Gasteiger partial charge in [0.1, 0.15) is 18.1 Å². The Morgan fingerprint density at radius 2 is 1.69 bits per heavy atom. The van der Waals surface area contributed by atoms with Crippen LogP contribution in [0.1, 0.15) is 11.1 Å². The van der Waals surface area contributed by atoms with E-state index in [2.05, 4.69) is 63.5 Å². The van der Waals surface area contributed by atoms with Gasteiger partial charge in [-0.15, -0.1) is 0 Å². The molecule has 0 radical (unpaired) electrons. The van der Waals surface area contributed by atoms with Crippen molar-refractivity contribution in [2.24, 2.45) is 11.1 Å². The fourth-order valence-corrected chi connectivity index (χ4v) is 4.33. The Morgan fingerprint density at radius 1 is 0.931 bits per heavy atom. The predicted octanol–water partition coefficient (Wildman–Crippen LogP) is 3.13. The minimum Gasteiger partial charge on any atom is -0.492 e. The lowest BCUT2D eigenvalue weighted by Gasteiger charge is -2.36. The summed E-state index contributed by atoms with van der Waals surface area (Å²) in [7, 11) is 0. The van der Waals surface area contributed by atoms with Gasteiger partial charge in [0.2, 0.25) is 0 Å². The van der Waals surface area contributed by atoms with Gasteiger partial charge in [-0.25, -0.2) is 0 Å². The molecule has 5 rings (SSSR count). The largest absolute Gasteiger partial charge is 0.492 e. The van der Waals surface area contributed by atoms with Gasteiger partial charge in [-0.3, -0.25) is 9.80 Å². The second-order valence-corrected chi connectivity index (χ2v) is 7.95. The van der Waals surface area contributed by atoms with Gasteiger partial charge in [-0.1, -0.05) is 59.8 Å². The van der Waals surface area contributed by atoms with Crippen molar-refractivity contribution in [3.63, 3.8) is 0 Å². The average Bonchev–Trinajstić information content (AvgIpc) is 3.19. The van der Waals surface area contributed by atoms with Crippen LogP contribution in [0.25, 0.3) is 6.08 Å². The molecule has 0 aromatic heterocycles. The number of hydrogen-bond donors (Lipinski definition) is 0. The molecule has 0 saturated carbocycles. The number of nitrogens with zero attached hydrogens (tertiary/aromatic N) is 3. The molecule has 3 heterocycles. The summed E-state index contributed by atoms with van der Waals surface area (Å²) in [6.07, 6.45) is 4.56. The molecule has 0 bridgehead atoms. The molecule has 150 valence electrons. The third kappa shape index (κ3) is 4.07. The molecule has 2 atom stereocenters. The molecule has 2 aromatic carbocycles. The molecule has 0 unspecified atom stereocenters. The van der Waals surface area contributed by atoms with Crippen molar-refractivity contribution in [2.45, 2.75) is 6.10 Å². The van der Waals surface area contributed by atoms with E-state index in [-0.39, 0.29) is 12.0 Å². The highest BCUT2D eigenvalue weighted by atomic mass is 16.6. The van der Waals surface area contributed by atoms with Gasteiger partial charge in [-0.05, 0) is 17.7 Å². The first-order valence-corrected chi connectivity index (χ1v) is 10.5. The molecule has 5 nitrogen and oxygen atoms in total. The molecule has 1 saturated heterocycles. The van der Waals surface area contributed by atoms with Crippen LogP contribution in [0.4, 0.5) is 0 Å². The van der Waals surface area contributed by atoms with Crippen molar-refractivity contribution in [1.29, 1.82) is 0 Å². The molecule has 3 aliphatic heterocycles. The fraction of sp³-hybridized carbons (Fsp3) is 0.375. The maximum absolute atomic E-state index is 5.96. The second kappa shape index (κ2) is 8.39. The lowest BCUT2D eigenvalue weighted by molar-refractivity contribution is 0.0103. The summed E-state index contributed by atoms with van der Waals surface area (Å²) >= 11 is 0. The Bertz CT molecular complexity index is 888. The van der Waals surface area contributed by atoms with Gasteiger partial charge in [0, 0.05) is 44.8 Å². The van der Waals surface area contributed by atoms with Crippen LogP contribution in [-0.4, -0.2) is 67.5 Å². The van der Waals surface area contributed by atoms with Gasteiger partial charge in [0.25, 0.3) is 0 Å². The standard InChI is InChI=1S/C24H27N3O2/c1-2-7-19(8-3-1)9-6-12-26-13-15-27(16-14-26)17-23-21-18-28-22-11-5-4-10-20(22)24(21)25-29-23/h1-11,21,23H,12-18H2/b9-6+/t21-,23-/m0/s1. The predicted molar refractivity (Wildman–Crippen MR) is 115 cm³/mol. The number of rotatable bonds is 5. The monoisotopic (exact) mass is 389 g/mol. The van der Waals surface area contributed by atoms with Crippen LogP contribution in [0.2, 0.25) is 0 Å². The number of oxime groups is 1. The highest BCUT2D eigenvalue weighted by Gasteiger charge is 2.40. The zero-order valence-electron chi connectivity index (χ0n) is 16.6. The summed E-state index contributed by atoms with van der Waals surface area (Å²) in [5.74, 6) is 1.15. The van der Waals surface area contributed by atoms with E-state index >= 15 is 0 Å². The Balaban J connectivity index is 1.10. The van der Waals surface area contributed by atoms with Gasteiger partial charge < -0.3 is 9.57 Å². The fourth-order valence-electron chi connectivity index (χ4n) is 4.33. The third-order valence-corrected chi connectivity index (χ3v) is 6.04. The lowest BCUT2D eigenvalue weighted by Crippen LogP contribution is -2.50. The third-order valence-electron chi connectivity index (χ3n) is 6.04. The van der Waals surface area contributed by atoms with E-state index in [9.17, 15) is 0 Å². The first-order chi connectivity index (χ1) is 14.4. The second-order valence-electron chi connectivity index (χ2n) is 7.95. The Labute approximate surface area is 172 Å². The van der Waals surface area contributed by atoms with Crippen LogP contribution in [0.5, 0.6) is 5.75 Å². The Kier molecular flexibility index (Phi) is 5.33. The first-order valence-electron chi connectivity index (χ1n) is 10.5. The molecular weight excluding hydrogens is 362 g/mol. The molecule has 3 aliphatic rings. The molecule has 1 fully saturated rings. The minimum absolute atomic E-state index is 0.0860. The summed E-state index contributed by atoms with van der Waals surface area (Å²) < 4.78 is 5.96. The smallest absolute Gasteiger partial charge is 0.151 e. The van der Waals surface area contributed by atoms with Gasteiger partial charge in [0.15, 0.2) is 6.10 Å². The Morgan fingerprint density at radius 3 is 2.55 bits per heavy atom. The molecular formula is C24H27N3O2. The summed E-state index contributed by atoms with van der Waals surface area (Å²) in [4.78, 5) is 10.9. The summed E-state index contributed by atoms with van der Waals surface area (Å²) in [6, 6.07) is 18.6. The van der Waals surface area contributed by atoms with E-state index in [4.69, 9.17) is 9.57 Å². The highest BCUT2D eigenvalue weighted by Crippen LogP contribution is 2.33. The van der Waals surface area contributed by atoms with E-state index in [1.54, 1.807) is 0 Å². The van der Waals surface area contributed by atoms with Gasteiger partial charge in [-0.2, -0.15) is 0 Å². The molecule has 0 spiro atoms. The van der Waals surface area contributed by atoms with E-state index in [0.29, 0.717) is 6.61 Å². The molecule has 0 N–H and O–H groups in total. The number of piperazine rings is 1. The van der Waals surface area contributed by atoms with Crippen LogP contribution in [0, 0.1) is 5.92 Å². The first kappa shape index (κ1) is 18.4. The summed E-state index contributed by atoms with van der Waals surface area (Å²) in [6.45, 7) is 6.88. The van der Waals surface area contributed by atoms with Crippen molar-refractivity contribution in [2.75, 3.05) is 45.9 Å². The number of fused-ring (bicyclic) bond motifs is 3. The van der Waals surface area contributed by atoms with E-state index < -0.39 is 0 Å². The zero-order valence-corrected chi connectivity index (χ0v) is 16.6. The average molecular weight is 389 g/mol. The van der Waals surface area contributed by atoms with Gasteiger partial charge >= 0.3 is 0 Å². The lowest BCUT2D eigenvalue weighted by atomic mass is 9.90. The van der Waals surface area contributed by atoms with E-state index in [1.807, 2.05) is 18.2 Å². The molecule has 0 amide bonds. The SMILES string of the molecule is C(=C\c1ccccc1)/CN1CCN(C[C@@H]2ON=C3c4ccccc4OC[C@H]32)CC1. The number of ether oxygens (including phenoxy) is 1. The van der Waals surface area contributed by atoms with E-state index in [1.165, 1.54) is 5.56 Å². The van der Waals surface area contributed by atoms with Crippen LogP contribution < -0.4 is 4.74 Å². The van der Waals surface area contributed by atoms with Crippen molar-refractivity contribution in [3.8, 4) is 5.75 Å². The van der Waals surface area contributed by atoms with Crippen molar-refractivity contribution < 1.29 is 9.57 Å². The molecule has 29 heavy (non-hydrogen) atoms.